The fraction of sp³-hybridized carbons (Fsp3) is 0.214. The van der Waals surface area contributed by atoms with Gasteiger partial charge in [-0.1, -0.05) is 35.4 Å². The maximum absolute atomic E-state index is 11.1. The van der Waals surface area contributed by atoms with Gasteiger partial charge in [0.15, 0.2) is 0 Å². The average Bonchev–Trinajstić information content (AvgIpc) is 3.09. The van der Waals surface area contributed by atoms with E-state index in [2.05, 4.69) is 94.1 Å². The molecule has 3 aromatic rings. The van der Waals surface area contributed by atoms with E-state index in [4.69, 9.17) is 0 Å². The highest BCUT2D eigenvalue weighted by Crippen LogP contribution is 2.39. The number of nitro groups is 1. The van der Waals surface area contributed by atoms with Crippen LogP contribution < -0.4 is 9.80 Å². The van der Waals surface area contributed by atoms with Crippen LogP contribution in [0.4, 0.5) is 17.1 Å². The van der Waals surface area contributed by atoms with Crippen LogP contribution in [-0.4, -0.2) is 4.92 Å². The van der Waals surface area contributed by atoms with Gasteiger partial charge in [-0.3, -0.25) is 10.1 Å². The molecule has 5 heteroatoms. The molecular weight excluding hydrogens is 410 g/mol. The van der Waals surface area contributed by atoms with Gasteiger partial charge in [0.1, 0.15) is 5.82 Å². The van der Waals surface area contributed by atoms with E-state index in [9.17, 15) is 10.1 Å². The van der Waals surface area contributed by atoms with E-state index in [0.717, 1.165) is 22.8 Å². The minimum absolute atomic E-state index is 0.0888. The normalized spacial score (nSPS) is 13.1. The predicted molar refractivity (Wildman–Crippen MR) is 136 cm³/mol. The summed E-state index contributed by atoms with van der Waals surface area (Å²) in [4.78, 5) is 15.2. The maximum atomic E-state index is 11.1. The summed E-state index contributed by atoms with van der Waals surface area (Å²) in [5.41, 5.74) is 10.6. The Morgan fingerprint density at radius 3 is 1.45 bits per heavy atom. The minimum Gasteiger partial charge on any atom is -0.301 e. The quantitative estimate of drug-likeness (QED) is 0.317. The zero-order valence-corrected chi connectivity index (χ0v) is 20.0. The van der Waals surface area contributed by atoms with Crippen LogP contribution in [-0.2, 0) is 0 Å². The standard InChI is InChI=1S/C28H29N3O2/c1-18-13-20(3)27(21(4)14-18)29-11-12-30(28-22(5)15-19(2)16-23(28)6)26(29)17-24-7-9-25(10-8-24)31(32)33/h7-17H,1-6H3. The Labute approximate surface area is 195 Å². The first-order valence-electron chi connectivity index (χ1n) is 11.0. The summed E-state index contributed by atoms with van der Waals surface area (Å²) in [6, 6.07) is 15.5. The molecule has 0 aliphatic carbocycles. The molecule has 0 fully saturated rings. The number of non-ortho nitro benzene ring substituents is 1. The van der Waals surface area contributed by atoms with Gasteiger partial charge in [-0.25, -0.2) is 0 Å². The first-order valence-corrected chi connectivity index (χ1v) is 11.0. The molecule has 1 aliphatic heterocycles. The number of rotatable bonds is 4. The highest BCUT2D eigenvalue weighted by molar-refractivity contribution is 5.80. The average molecular weight is 440 g/mol. The molecule has 0 radical (unpaired) electrons. The van der Waals surface area contributed by atoms with E-state index in [1.807, 2.05) is 0 Å². The predicted octanol–water partition coefficient (Wildman–Crippen LogP) is 7.24. The SMILES string of the molecule is Cc1cc(C)c(N2C=CN(c3c(C)cc(C)cc3C)C2=Cc2ccc([N+](=O)[O-])cc2)c(C)c1. The number of nitrogens with zero attached hydrogens (tertiary/aromatic N) is 3. The molecule has 1 heterocycles. The van der Waals surface area contributed by atoms with Gasteiger partial charge in [-0.2, -0.15) is 0 Å². The number of benzene rings is 3. The lowest BCUT2D eigenvalue weighted by atomic mass is 10.0. The molecule has 0 spiro atoms. The highest BCUT2D eigenvalue weighted by atomic mass is 16.6. The van der Waals surface area contributed by atoms with Crippen LogP contribution >= 0.6 is 0 Å². The Kier molecular flexibility index (Phi) is 5.81. The summed E-state index contributed by atoms with van der Waals surface area (Å²) in [6.07, 6.45) is 6.28. The molecule has 0 amide bonds. The smallest absolute Gasteiger partial charge is 0.269 e. The van der Waals surface area contributed by atoms with Crippen molar-refractivity contribution in [1.82, 2.24) is 0 Å². The summed E-state index contributed by atoms with van der Waals surface area (Å²) in [5, 5.41) is 11.1. The number of anilines is 2. The van der Waals surface area contributed by atoms with Crippen molar-refractivity contribution in [1.29, 1.82) is 0 Å². The molecule has 0 aromatic heterocycles. The third-order valence-corrected chi connectivity index (χ3v) is 6.01. The second kappa shape index (κ2) is 8.58. The number of hydrogen-bond acceptors (Lipinski definition) is 4. The van der Waals surface area contributed by atoms with Gasteiger partial charge in [0.05, 0.1) is 16.3 Å². The highest BCUT2D eigenvalue weighted by Gasteiger charge is 2.27. The largest absolute Gasteiger partial charge is 0.301 e. The zero-order valence-electron chi connectivity index (χ0n) is 20.0. The van der Waals surface area contributed by atoms with E-state index in [-0.39, 0.29) is 10.6 Å². The molecule has 1 aliphatic rings. The van der Waals surface area contributed by atoms with E-state index in [1.165, 1.54) is 33.4 Å². The van der Waals surface area contributed by atoms with Gasteiger partial charge in [0.25, 0.3) is 5.69 Å². The molecule has 0 N–H and O–H groups in total. The van der Waals surface area contributed by atoms with Crippen molar-refractivity contribution in [2.75, 3.05) is 9.80 Å². The Morgan fingerprint density at radius 2 is 1.09 bits per heavy atom. The monoisotopic (exact) mass is 439 g/mol. The molecule has 0 saturated carbocycles. The molecular formula is C28H29N3O2. The van der Waals surface area contributed by atoms with E-state index < -0.39 is 0 Å². The van der Waals surface area contributed by atoms with Crippen LogP contribution in [0.5, 0.6) is 0 Å². The lowest BCUT2D eigenvalue weighted by Gasteiger charge is -2.30. The van der Waals surface area contributed by atoms with Crippen LogP contribution in [0.25, 0.3) is 6.08 Å². The fourth-order valence-electron chi connectivity index (χ4n) is 4.87. The lowest BCUT2D eigenvalue weighted by Crippen LogP contribution is -2.24. The third kappa shape index (κ3) is 4.27. The molecule has 0 atom stereocenters. The Morgan fingerprint density at radius 1 is 0.697 bits per heavy atom. The van der Waals surface area contributed by atoms with Gasteiger partial charge in [-0.05, 0) is 87.6 Å². The molecule has 168 valence electrons. The van der Waals surface area contributed by atoms with Crippen molar-refractivity contribution in [2.24, 2.45) is 0 Å². The number of aryl methyl sites for hydroxylation is 6. The van der Waals surface area contributed by atoms with Crippen molar-refractivity contribution in [3.63, 3.8) is 0 Å². The summed E-state index contributed by atoms with van der Waals surface area (Å²) in [6.45, 7) is 12.8. The Hall–Kier alpha value is -3.86. The van der Waals surface area contributed by atoms with Crippen LogP contribution in [0.3, 0.4) is 0 Å². The zero-order chi connectivity index (χ0) is 23.9. The first kappa shape index (κ1) is 22.3. The maximum Gasteiger partial charge on any atom is 0.269 e. The van der Waals surface area contributed by atoms with Crippen LogP contribution in [0.1, 0.15) is 38.9 Å². The van der Waals surface area contributed by atoms with E-state index in [0.29, 0.717) is 0 Å². The molecule has 3 aromatic carbocycles. The number of nitro benzene ring substituents is 1. The molecule has 0 unspecified atom stereocenters. The fourth-order valence-corrected chi connectivity index (χ4v) is 4.87. The van der Waals surface area contributed by atoms with Crippen molar-refractivity contribution >= 4 is 23.1 Å². The summed E-state index contributed by atoms with van der Waals surface area (Å²) >= 11 is 0. The molecule has 4 rings (SSSR count). The molecule has 0 bridgehead atoms. The van der Waals surface area contributed by atoms with Gasteiger partial charge in [-0.15, -0.1) is 0 Å². The summed E-state index contributed by atoms with van der Waals surface area (Å²) < 4.78 is 0. The van der Waals surface area contributed by atoms with Crippen LogP contribution in [0.2, 0.25) is 0 Å². The van der Waals surface area contributed by atoms with Gasteiger partial charge in [0.2, 0.25) is 0 Å². The first-order chi connectivity index (χ1) is 15.7. The van der Waals surface area contributed by atoms with Crippen molar-refractivity contribution < 1.29 is 4.92 Å². The Bertz CT molecular complexity index is 1190. The van der Waals surface area contributed by atoms with Crippen LogP contribution in [0.15, 0.2) is 66.8 Å². The third-order valence-electron chi connectivity index (χ3n) is 6.01. The minimum atomic E-state index is -0.370. The molecule has 5 nitrogen and oxygen atoms in total. The Balaban J connectivity index is 1.89. The van der Waals surface area contributed by atoms with E-state index >= 15 is 0 Å². The number of hydrogen-bond donors (Lipinski definition) is 0. The lowest BCUT2D eigenvalue weighted by molar-refractivity contribution is -0.384. The topological polar surface area (TPSA) is 49.6 Å². The van der Waals surface area contributed by atoms with Crippen LogP contribution in [0, 0.1) is 51.7 Å². The second-order valence-electron chi connectivity index (χ2n) is 8.88. The second-order valence-corrected chi connectivity index (χ2v) is 8.88. The molecule has 0 saturated heterocycles. The van der Waals surface area contributed by atoms with Crippen molar-refractivity contribution in [2.45, 2.75) is 41.5 Å². The van der Waals surface area contributed by atoms with Gasteiger partial charge in [0, 0.05) is 24.5 Å². The van der Waals surface area contributed by atoms with E-state index in [1.54, 1.807) is 24.3 Å². The van der Waals surface area contributed by atoms with Gasteiger partial charge >= 0.3 is 0 Å². The van der Waals surface area contributed by atoms with Crippen molar-refractivity contribution in [3.05, 3.63) is 116 Å². The summed E-state index contributed by atoms with van der Waals surface area (Å²) in [5.74, 6) is 0.981. The summed E-state index contributed by atoms with van der Waals surface area (Å²) in [7, 11) is 0. The molecule has 33 heavy (non-hydrogen) atoms. The van der Waals surface area contributed by atoms with Gasteiger partial charge < -0.3 is 9.80 Å². The van der Waals surface area contributed by atoms with Crippen molar-refractivity contribution in [3.8, 4) is 0 Å².